The molecule has 0 aromatic carbocycles. The van der Waals surface area contributed by atoms with E-state index in [2.05, 4.69) is 33.8 Å². The van der Waals surface area contributed by atoms with Gasteiger partial charge in [0.1, 0.15) is 0 Å². The van der Waals surface area contributed by atoms with Gasteiger partial charge in [0, 0.05) is 0 Å². The molecule has 0 fully saturated rings. The van der Waals surface area contributed by atoms with Crippen LogP contribution in [0.3, 0.4) is 0 Å². The van der Waals surface area contributed by atoms with Gasteiger partial charge in [-0.25, -0.2) is 0 Å². The first kappa shape index (κ1) is 6.85. The molecule has 52 valence electrons. The molecule has 0 aromatic heterocycles. The average Bonchev–Trinajstić information content (AvgIpc) is 1.79. The molecule has 1 rings (SSSR count). The molecule has 0 nitrogen and oxygen atoms in total. The third-order valence-corrected chi connectivity index (χ3v) is 2.43. The minimum atomic E-state index is 0.486. The van der Waals surface area contributed by atoms with Gasteiger partial charge in [-0.05, 0) is 24.7 Å². The molecule has 0 N–H and O–H groups in total. The molecule has 0 aliphatic heterocycles. The smallest absolute Gasteiger partial charge is 0.0142 e. The van der Waals surface area contributed by atoms with Crippen LogP contribution < -0.4 is 0 Å². The molecule has 0 heteroatoms. The maximum atomic E-state index is 2.39. The molecule has 1 unspecified atom stereocenters. The minimum absolute atomic E-state index is 0.486. The fraction of sp³-hybridized carbons (Fsp3) is 0.778. The van der Waals surface area contributed by atoms with Crippen molar-refractivity contribution in [1.29, 1.82) is 0 Å². The van der Waals surface area contributed by atoms with Gasteiger partial charge in [-0.3, -0.25) is 0 Å². The van der Waals surface area contributed by atoms with Gasteiger partial charge in [-0.2, -0.15) is 0 Å². The lowest BCUT2D eigenvalue weighted by molar-refractivity contribution is 0.403. The van der Waals surface area contributed by atoms with Crippen LogP contribution in [-0.2, 0) is 0 Å². The van der Waals surface area contributed by atoms with Crippen molar-refractivity contribution < 1.29 is 0 Å². The van der Waals surface area contributed by atoms with E-state index >= 15 is 0 Å². The van der Waals surface area contributed by atoms with Crippen molar-refractivity contribution in [1.82, 2.24) is 0 Å². The van der Waals surface area contributed by atoms with Crippen LogP contribution in [0, 0.1) is 11.3 Å². The van der Waals surface area contributed by atoms with Crippen LogP contribution in [-0.4, -0.2) is 0 Å². The summed E-state index contributed by atoms with van der Waals surface area (Å²) in [6, 6.07) is 0. The van der Waals surface area contributed by atoms with E-state index in [1.807, 2.05) is 0 Å². The molecule has 0 saturated carbocycles. The first-order valence-electron chi connectivity index (χ1n) is 3.71. The highest BCUT2D eigenvalue weighted by Gasteiger charge is 2.27. The maximum Gasteiger partial charge on any atom is -0.0142 e. The molecule has 1 atom stereocenters. The van der Waals surface area contributed by atoms with Crippen LogP contribution in [0.2, 0.25) is 0 Å². The van der Waals surface area contributed by atoms with E-state index in [4.69, 9.17) is 0 Å². The lowest BCUT2D eigenvalue weighted by atomic mass is 9.86. The summed E-state index contributed by atoms with van der Waals surface area (Å²) in [6.07, 6.45) is 3.72. The van der Waals surface area contributed by atoms with E-state index in [1.54, 1.807) is 5.57 Å². The Morgan fingerprint density at radius 2 is 2.11 bits per heavy atom. The highest BCUT2D eigenvalue weighted by atomic mass is 14.3. The normalized spacial score (nSPS) is 32.4. The van der Waals surface area contributed by atoms with E-state index in [-0.39, 0.29) is 0 Å². The molecule has 1 aliphatic rings. The van der Waals surface area contributed by atoms with Crippen LogP contribution in [0.25, 0.3) is 0 Å². The topological polar surface area (TPSA) is 0 Å². The summed E-state index contributed by atoms with van der Waals surface area (Å²) < 4.78 is 0. The molecule has 0 heterocycles. The third-order valence-electron chi connectivity index (χ3n) is 2.43. The van der Waals surface area contributed by atoms with Gasteiger partial charge >= 0.3 is 0 Å². The van der Waals surface area contributed by atoms with E-state index < -0.39 is 0 Å². The Kier molecular flexibility index (Phi) is 1.42. The van der Waals surface area contributed by atoms with Crippen molar-refractivity contribution in [2.24, 2.45) is 11.3 Å². The lowest BCUT2D eigenvalue weighted by Gasteiger charge is -2.19. The number of hydrogen-bond donors (Lipinski definition) is 0. The Morgan fingerprint density at radius 1 is 1.56 bits per heavy atom. The van der Waals surface area contributed by atoms with Crippen LogP contribution in [0.4, 0.5) is 0 Å². The highest BCUT2D eigenvalue weighted by molar-refractivity contribution is 5.17. The third kappa shape index (κ3) is 1.17. The molecule has 0 bridgehead atoms. The Balaban J connectivity index is 2.76. The zero-order valence-electron chi connectivity index (χ0n) is 6.86. The summed E-state index contributed by atoms with van der Waals surface area (Å²) in [5.41, 5.74) is 2.05. The fourth-order valence-electron chi connectivity index (χ4n) is 1.68. The summed E-state index contributed by atoms with van der Waals surface area (Å²) in [4.78, 5) is 0. The summed E-state index contributed by atoms with van der Waals surface area (Å²) >= 11 is 0. The first-order valence-corrected chi connectivity index (χ1v) is 3.71. The average molecular weight is 124 g/mol. The second-order valence-corrected chi connectivity index (χ2v) is 3.91. The molecular weight excluding hydrogens is 108 g/mol. The van der Waals surface area contributed by atoms with Gasteiger partial charge in [-0.15, -0.1) is 0 Å². The van der Waals surface area contributed by atoms with Crippen molar-refractivity contribution in [3.63, 3.8) is 0 Å². The number of rotatable bonds is 0. The summed E-state index contributed by atoms with van der Waals surface area (Å²) in [5, 5.41) is 0. The Bertz CT molecular complexity index is 140. The van der Waals surface area contributed by atoms with Crippen LogP contribution in [0.1, 0.15) is 34.1 Å². The molecule has 0 radical (unpaired) electrons. The largest absolute Gasteiger partial charge is 0.0822 e. The predicted molar refractivity (Wildman–Crippen MR) is 41.3 cm³/mol. The number of allylic oxidation sites excluding steroid dienone is 2. The second-order valence-electron chi connectivity index (χ2n) is 3.91. The first-order chi connectivity index (χ1) is 4.02. The summed E-state index contributed by atoms with van der Waals surface area (Å²) in [6.45, 7) is 9.17. The van der Waals surface area contributed by atoms with Crippen molar-refractivity contribution in [3.05, 3.63) is 11.6 Å². The molecule has 0 spiro atoms. The van der Waals surface area contributed by atoms with Gasteiger partial charge in [0.25, 0.3) is 0 Å². The molecule has 9 heavy (non-hydrogen) atoms. The molecule has 0 saturated heterocycles. The quantitative estimate of drug-likeness (QED) is 0.435. The lowest BCUT2D eigenvalue weighted by Crippen LogP contribution is -2.08. The molecule has 0 amide bonds. The minimum Gasteiger partial charge on any atom is -0.0822 e. The van der Waals surface area contributed by atoms with Crippen molar-refractivity contribution >= 4 is 0 Å². The SMILES string of the molecule is CC1=CC(C)CC1(C)C. The predicted octanol–water partition coefficient (Wildman–Crippen LogP) is 3.00. The maximum absolute atomic E-state index is 2.39. The van der Waals surface area contributed by atoms with E-state index in [9.17, 15) is 0 Å². The molecule has 1 aliphatic carbocycles. The van der Waals surface area contributed by atoms with E-state index in [0.717, 1.165) is 5.92 Å². The standard InChI is InChI=1S/C9H16/c1-7-5-8(2)9(3,4)6-7/h5,7H,6H2,1-4H3. The van der Waals surface area contributed by atoms with Gasteiger partial charge in [0.05, 0.1) is 0 Å². The van der Waals surface area contributed by atoms with Crippen LogP contribution >= 0.6 is 0 Å². The zero-order valence-corrected chi connectivity index (χ0v) is 6.86. The highest BCUT2D eigenvalue weighted by Crippen LogP contribution is 2.40. The van der Waals surface area contributed by atoms with Gasteiger partial charge in [0.2, 0.25) is 0 Å². The number of hydrogen-bond acceptors (Lipinski definition) is 0. The van der Waals surface area contributed by atoms with E-state index in [0.29, 0.717) is 5.41 Å². The van der Waals surface area contributed by atoms with Crippen molar-refractivity contribution in [2.75, 3.05) is 0 Å². The van der Waals surface area contributed by atoms with Crippen LogP contribution in [0.15, 0.2) is 11.6 Å². The van der Waals surface area contributed by atoms with Gasteiger partial charge in [-0.1, -0.05) is 32.4 Å². The van der Waals surface area contributed by atoms with Crippen molar-refractivity contribution in [2.45, 2.75) is 34.1 Å². The van der Waals surface area contributed by atoms with Gasteiger partial charge in [0.15, 0.2) is 0 Å². The fourth-order valence-corrected chi connectivity index (χ4v) is 1.68. The monoisotopic (exact) mass is 124 g/mol. The summed E-state index contributed by atoms with van der Waals surface area (Å²) in [5.74, 6) is 0.806. The Hall–Kier alpha value is -0.260. The van der Waals surface area contributed by atoms with E-state index in [1.165, 1.54) is 6.42 Å². The Morgan fingerprint density at radius 3 is 2.22 bits per heavy atom. The Labute approximate surface area is 58.0 Å². The van der Waals surface area contributed by atoms with Crippen LogP contribution in [0.5, 0.6) is 0 Å². The van der Waals surface area contributed by atoms with Gasteiger partial charge < -0.3 is 0 Å². The van der Waals surface area contributed by atoms with Crippen molar-refractivity contribution in [3.8, 4) is 0 Å². The summed E-state index contributed by atoms with van der Waals surface area (Å²) in [7, 11) is 0. The second kappa shape index (κ2) is 1.86. The molecular formula is C9H16. The molecule has 0 aromatic rings. The zero-order chi connectivity index (χ0) is 7.07.